The summed E-state index contributed by atoms with van der Waals surface area (Å²) in [6, 6.07) is 4.08. The molecule has 3 aromatic heterocycles. The minimum Gasteiger partial charge on any atom is -0.334 e. The molecule has 7 heteroatoms. The molecule has 0 radical (unpaired) electrons. The first kappa shape index (κ1) is 14.2. The van der Waals surface area contributed by atoms with Crippen LogP contribution in [0.5, 0.6) is 0 Å². The predicted molar refractivity (Wildman–Crippen MR) is 89.5 cm³/mol. The summed E-state index contributed by atoms with van der Waals surface area (Å²) >= 11 is 1.66. The van der Waals surface area contributed by atoms with Crippen molar-refractivity contribution in [1.82, 2.24) is 19.7 Å². The number of hydrogen-bond donors (Lipinski definition) is 2. The van der Waals surface area contributed by atoms with E-state index < -0.39 is 0 Å². The average molecular weight is 327 g/mol. The fourth-order valence-corrected chi connectivity index (χ4v) is 3.88. The van der Waals surface area contributed by atoms with Gasteiger partial charge in [0, 0.05) is 30.9 Å². The predicted octanol–water partition coefficient (Wildman–Crippen LogP) is 3.22. The molecule has 23 heavy (non-hydrogen) atoms. The smallest absolute Gasteiger partial charge is 0.226 e. The molecule has 0 aliphatic carbocycles. The number of fused-ring (bicyclic) bond motifs is 1. The van der Waals surface area contributed by atoms with Crippen LogP contribution >= 0.6 is 11.3 Å². The van der Waals surface area contributed by atoms with E-state index in [4.69, 9.17) is 0 Å². The molecule has 0 spiro atoms. The zero-order valence-electron chi connectivity index (χ0n) is 12.7. The van der Waals surface area contributed by atoms with Crippen LogP contribution in [0.25, 0.3) is 10.6 Å². The van der Waals surface area contributed by atoms with E-state index in [0.717, 1.165) is 34.9 Å². The molecular formula is C16H17N5OS. The van der Waals surface area contributed by atoms with Gasteiger partial charge < -0.3 is 9.88 Å². The molecule has 4 rings (SSSR count). The fraction of sp³-hybridized carbons (Fsp3) is 0.312. The highest BCUT2D eigenvalue weighted by Crippen LogP contribution is 2.42. The number of hydrogen-bond acceptors (Lipinski definition) is 4. The molecule has 0 fully saturated rings. The average Bonchev–Trinajstić information content (AvgIpc) is 3.26. The Morgan fingerprint density at radius 3 is 3.17 bits per heavy atom. The van der Waals surface area contributed by atoms with E-state index in [-0.39, 0.29) is 11.8 Å². The highest BCUT2D eigenvalue weighted by molar-refractivity contribution is 7.13. The van der Waals surface area contributed by atoms with Crippen LogP contribution in [-0.4, -0.2) is 25.7 Å². The molecule has 0 unspecified atom stereocenters. The maximum atomic E-state index is 12.1. The number of amides is 1. The van der Waals surface area contributed by atoms with Gasteiger partial charge in [0.2, 0.25) is 5.91 Å². The Kier molecular flexibility index (Phi) is 3.49. The van der Waals surface area contributed by atoms with Gasteiger partial charge in [-0.25, -0.2) is 4.98 Å². The van der Waals surface area contributed by atoms with Crippen molar-refractivity contribution in [2.45, 2.75) is 32.2 Å². The Labute approximate surface area is 137 Å². The van der Waals surface area contributed by atoms with Crippen molar-refractivity contribution in [3.63, 3.8) is 0 Å². The number of H-pyrrole nitrogens is 1. The third-order valence-corrected chi connectivity index (χ3v) is 4.98. The van der Waals surface area contributed by atoms with Crippen molar-refractivity contribution in [2.75, 3.05) is 5.32 Å². The van der Waals surface area contributed by atoms with Crippen LogP contribution in [0.15, 0.2) is 29.9 Å². The lowest BCUT2D eigenvalue weighted by atomic mass is 9.90. The zero-order valence-corrected chi connectivity index (χ0v) is 13.6. The number of carbonyl (C=O) groups excluding carboxylic acids is 1. The minimum absolute atomic E-state index is 0.0159. The van der Waals surface area contributed by atoms with Gasteiger partial charge in [-0.1, -0.05) is 13.0 Å². The Morgan fingerprint density at radius 2 is 2.39 bits per heavy atom. The lowest BCUT2D eigenvalue weighted by molar-refractivity contribution is -0.116. The second-order valence-electron chi connectivity index (χ2n) is 5.62. The van der Waals surface area contributed by atoms with Gasteiger partial charge in [0.1, 0.15) is 5.82 Å². The zero-order chi connectivity index (χ0) is 15.8. The van der Waals surface area contributed by atoms with Crippen LogP contribution < -0.4 is 5.32 Å². The second-order valence-corrected chi connectivity index (χ2v) is 6.57. The van der Waals surface area contributed by atoms with E-state index >= 15 is 0 Å². The number of imidazole rings is 1. The summed E-state index contributed by atoms with van der Waals surface area (Å²) in [7, 11) is 0. The summed E-state index contributed by atoms with van der Waals surface area (Å²) in [5.41, 5.74) is 2.02. The number of nitrogens with zero attached hydrogens (tertiary/aromatic N) is 3. The van der Waals surface area contributed by atoms with Gasteiger partial charge in [-0.2, -0.15) is 5.10 Å². The molecule has 2 N–H and O–H groups in total. The van der Waals surface area contributed by atoms with Crippen molar-refractivity contribution >= 4 is 23.1 Å². The van der Waals surface area contributed by atoms with E-state index in [2.05, 4.69) is 38.1 Å². The standard InChI is InChI=1S/C16H17N5OS/c1-2-6-21-7-5-17-16(21)10-9-12(22)18-15-13(10)14(19-20-15)11-4-3-8-23-11/h3-5,7-8,10H,2,6,9H2,1H3,(H2,18,19,20,22)/t10-/m1/s1. The van der Waals surface area contributed by atoms with Crippen molar-refractivity contribution in [1.29, 1.82) is 0 Å². The van der Waals surface area contributed by atoms with Gasteiger partial charge in [0.15, 0.2) is 5.82 Å². The second kappa shape index (κ2) is 5.66. The van der Waals surface area contributed by atoms with Crippen molar-refractivity contribution in [3.05, 3.63) is 41.3 Å². The number of rotatable bonds is 4. The molecule has 4 heterocycles. The third-order valence-electron chi connectivity index (χ3n) is 4.09. The summed E-state index contributed by atoms with van der Waals surface area (Å²) in [5, 5.41) is 12.3. The van der Waals surface area contributed by atoms with Crippen LogP contribution in [0.4, 0.5) is 5.82 Å². The Hall–Kier alpha value is -2.41. The summed E-state index contributed by atoms with van der Waals surface area (Å²) in [4.78, 5) is 17.8. The summed E-state index contributed by atoms with van der Waals surface area (Å²) in [6.45, 7) is 3.03. The van der Waals surface area contributed by atoms with Crippen molar-refractivity contribution in [3.8, 4) is 10.6 Å². The fourth-order valence-electron chi connectivity index (χ4n) is 3.15. The maximum Gasteiger partial charge on any atom is 0.226 e. The third kappa shape index (κ3) is 2.37. The number of thiophene rings is 1. The molecule has 3 aromatic rings. The molecule has 0 saturated heterocycles. The first-order valence-corrected chi connectivity index (χ1v) is 8.59. The summed E-state index contributed by atoms with van der Waals surface area (Å²) in [5.74, 6) is 1.47. The van der Waals surface area contributed by atoms with Crippen LogP contribution in [-0.2, 0) is 11.3 Å². The van der Waals surface area contributed by atoms with E-state index in [1.165, 1.54) is 0 Å². The molecule has 0 bridgehead atoms. The quantitative estimate of drug-likeness (QED) is 0.772. The number of anilines is 1. The van der Waals surface area contributed by atoms with E-state index in [1.807, 2.05) is 23.8 Å². The Bertz CT molecular complexity index is 833. The van der Waals surface area contributed by atoms with Crippen LogP contribution in [0.3, 0.4) is 0 Å². The van der Waals surface area contributed by atoms with E-state index in [0.29, 0.717) is 12.2 Å². The van der Waals surface area contributed by atoms with Crippen molar-refractivity contribution in [2.24, 2.45) is 0 Å². The highest BCUT2D eigenvalue weighted by Gasteiger charge is 2.34. The largest absolute Gasteiger partial charge is 0.334 e. The maximum absolute atomic E-state index is 12.1. The number of aromatic amines is 1. The monoisotopic (exact) mass is 327 g/mol. The molecule has 118 valence electrons. The van der Waals surface area contributed by atoms with Gasteiger partial charge in [-0.3, -0.25) is 9.89 Å². The summed E-state index contributed by atoms with van der Waals surface area (Å²) in [6.07, 6.45) is 5.21. The van der Waals surface area contributed by atoms with Crippen LogP contribution in [0.1, 0.15) is 37.1 Å². The van der Waals surface area contributed by atoms with Crippen LogP contribution in [0, 0.1) is 0 Å². The topological polar surface area (TPSA) is 75.6 Å². The number of nitrogens with one attached hydrogen (secondary N) is 2. The first-order chi connectivity index (χ1) is 11.3. The lowest BCUT2D eigenvalue weighted by Crippen LogP contribution is -2.25. The van der Waals surface area contributed by atoms with E-state index in [9.17, 15) is 4.79 Å². The van der Waals surface area contributed by atoms with Gasteiger partial charge in [0.25, 0.3) is 0 Å². The molecule has 1 aliphatic heterocycles. The first-order valence-electron chi connectivity index (χ1n) is 7.71. The molecule has 1 aliphatic rings. The molecule has 1 amide bonds. The lowest BCUT2D eigenvalue weighted by Gasteiger charge is -2.23. The highest BCUT2D eigenvalue weighted by atomic mass is 32.1. The molecule has 1 atom stereocenters. The number of aryl methyl sites for hydroxylation is 1. The molecule has 0 aromatic carbocycles. The molecule has 6 nitrogen and oxygen atoms in total. The van der Waals surface area contributed by atoms with Gasteiger partial charge in [-0.05, 0) is 17.9 Å². The van der Waals surface area contributed by atoms with Crippen LogP contribution in [0.2, 0.25) is 0 Å². The van der Waals surface area contributed by atoms with E-state index in [1.54, 1.807) is 11.3 Å². The number of aromatic nitrogens is 4. The normalized spacial score (nSPS) is 17.1. The van der Waals surface area contributed by atoms with Gasteiger partial charge >= 0.3 is 0 Å². The molecule has 0 saturated carbocycles. The molecular weight excluding hydrogens is 310 g/mol. The SMILES string of the molecule is CCCn1ccnc1[C@@H]1CC(=O)Nc2n[nH]c(-c3cccs3)c21. The Balaban J connectivity index is 1.85. The summed E-state index contributed by atoms with van der Waals surface area (Å²) < 4.78 is 2.14. The van der Waals surface area contributed by atoms with Gasteiger partial charge in [0.05, 0.1) is 16.5 Å². The number of carbonyl (C=O) groups is 1. The Morgan fingerprint density at radius 1 is 1.48 bits per heavy atom. The minimum atomic E-state index is -0.0730. The van der Waals surface area contributed by atoms with Gasteiger partial charge in [-0.15, -0.1) is 11.3 Å². The van der Waals surface area contributed by atoms with Crippen molar-refractivity contribution < 1.29 is 4.79 Å².